The second kappa shape index (κ2) is 4.81. The summed E-state index contributed by atoms with van der Waals surface area (Å²) >= 11 is 5.09. The van der Waals surface area contributed by atoms with Crippen LogP contribution in [0.5, 0.6) is 0 Å². The number of hydrogen-bond acceptors (Lipinski definition) is 4. The third kappa shape index (κ3) is 2.49. The van der Waals surface area contributed by atoms with Crippen LogP contribution in [0.15, 0.2) is 9.98 Å². The molecule has 0 saturated carbocycles. The van der Waals surface area contributed by atoms with Crippen molar-refractivity contribution < 1.29 is 0 Å². The van der Waals surface area contributed by atoms with Gasteiger partial charge in [0.25, 0.3) is 0 Å². The fraction of sp³-hybridized carbons (Fsp3) is 0.571. The van der Waals surface area contributed by atoms with Gasteiger partial charge in [0.05, 0.1) is 0 Å². The lowest BCUT2D eigenvalue weighted by Gasteiger charge is -2.07. The minimum Gasteiger partial charge on any atom is -0.353 e. The normalized spacial score (nSPS) is 13.4. The predicted molar refractivity (Wildman–Crippen MR) is 64.5 cm³/mol. The molecule has 7 heteroatoms. The quantitative estimate of drug-likeness (QED) is 0.493. The van der Waals surface area contributed by atoms with Crippen LogP contribution in [0.25, 0.3) is 0 Å². The molecule has 0 aromatic carbocycles. The van der Waals surface area contributed by atoms with Crippen molar-refractivity contribution in [2.24, 2.45) is 17.0 Å². The Balaban J connectivity index is 3.21. The van der Waals surface area contributed by atoms with Gasteiger partial charge in [-0.2, -0.15) is 4.99 Å². The molecule has 1 aromatic heterocycles. The zero-order valence-electron chi connectivity index (χ0n) is 8.51. The first-order valence-electron chi connectivity index (χ1n) is 3.91. The van der Waals surface area contributed by atoms with Crippen LogP contribution in [-0.4, -0.2) is 35.7 Å². The van der Waals surface area contributed by atoms with E-state index in [2.05, 4.69) is 9.98 Å². The Hall–Kier alpha value is -0.530. The van der Waals surface area contributed by atoms with Gasteiger partial charge in [0, 0.05) is 28.2 Å². The third-order valence-electron chi connectivity index (χ3n) is 1.53. The van der Waals surface area contributed by atoms with Gasteiger partial charge in [0.15, 0.2) is 9.91 Å². The van der Waals surface area contributed by atoms with Crippen molar-refractivity contribution in [2.75, 3.05) is 21.1 Å². The molecule has 0 saturated heterocycles. The molecule has 78 valence electrons. The molecule has 1 aromatic rings. The second-order valence-corrected chi connectivity index (χ2v) is 5.23. The van der Waals surface area contributed by atoms with E-state index < -0.39 is 0 Å². The van der Waals surface area contributed by atoms with Gasteiger partial charge in [0.1, 0.15) is 0 Å². The zero-order chi connectivity index (χ0) is 10.7. The van der Waals surface area contributed by atoms with Gasteiger partial charge < -0.3 is 4.90 Å². The lowest BCUT2D eigenvalue weighted by atomic mass is 10.9. The number of nitrogens with zero attached hydrogens (tertiary/aromatic N) is 4. The first-order valence-corrected chi connectivity index (χ1v) is 6.47. The molecule has 0 N–H and O–H groups in total. The van der Waals surface area contributed by atoms with Crippen LogP contribution >= 0.6 is 32.9 Å². The topological polar surface area (TPSA) is 32.9 Å². The molecule has 0 atom stereocenters. The van der Waals surface area contributed by atoms with E-state index >= 15 is 0 Å². The Labute approximate surface area is 95.3 Å². The molecule has 0 unspecified atom stereocenters. The highest BCUT2D eigenvalue weighted by molar-refractivity contribution is 7.80. The molecule has 14 heavy (non-hydrogen) atoms. The summed E-state index contributed by atoms with van der Waals surface area (Å²) in [5, 5.41) is 0.581. The third-order valence-corrected chi connectivity index (χ3v) is 4.33. The van der Waals surface area contributed by atoms with Gasteiger partial charge in [-0.25, -0.2) is 0 Å². The minimum atomic E-state index is 0.581. The highest BCUT2D eigenvalue weighted by Gasteiger charge is 1.98. The van der Waals surface area contributed by atoms with Crippen LogP contribution < -0.4 is 9.60 Å². The monoisotopic (exact) mass is 248 g/mol. The average molecular weight is 248 g/mol. The van der Waals surface area contributed by atoms with E-state index in [1.165, 1.54) is 0 Å². The van der Waals surface area contributed by atoms with Crippen molar-refractivity contribution in [3.05, 3.63) is 9.60 Å². The van der Waals surface area contributed by atoms with Gasteiger partial charge in [-0.3, -0.25) is 9.56 Å². The lowest BCUT2D eigenvalue weighted by Crippen LogP contribution is -2.26. The summed E-state index contributed by atoms with van der Waals surface area (Å²) in [5.41, 5.74) is 0. The average Bonchev–Trinajstić information content (AvgIpc) is 2.47. The Morgan fingerprint density at radius 3 is 2.36 bits per heavy atom. The highest BCUT2D eigenvalue weighted by Crippen LogP contribution is 1.92. The van der Waals surface area contributed by atoms with E-state index in [4.69, 9.17) is 12.2 Å². The van der Waals surface area contributed by atoms with E-state index in [1.807, 2.05) is 30.6 Å². The van der Waals surface area contributed by atoms with E-state index in [0.717, 1.165) is 9.60 Å². The van der Waals surface area contributed by atoms with Crippen molar-refractivity contribution in [2.45, 2.75) is 0 Å². The van der Waals surface area contributed by atoms with E-state index in [-0.39, 0.29) is 0 Å². The predicted octanol–water partition coefficient (Wildman–Crippen LogP) is 0.426. The fourth-order valence-electron chi connectivity index (χ4n) is 0.731. The maximum Gasteiger partial charge on any atom is 0.204 e. The van der Waals surface area contributed by atoms with Crippen LogP contribution in [0.1, 0.15) is 0 Å². The smallest absolute Gasteiger partial charge is 0.204 e. The Bertz CT molecular complexity index is 448. The molecule has 0 amide bonds. The molecule has 0 fully saturated rings. The SMILES string of the molecule is CN=c1ssc(=NC(=S)N(C)C)n1C. The fourth-order valence-corrected chi connectivity index (χ4v) is 3.13. The summed E-state index contributed by atoms with van der Waals surface area (Å²) in [6.45, 7) is 0. The summed E-state index contributed by atoms with van der Waals surface area (Å²) in [6.07, 6.45) is 0. The largest absolute Gasteiger partial charge is 0.353 e. The molecule has 0 aliphatic heterocycles. The molecular formula is C7H12N4S3. The summed E-state index contributed by atoms with van der Waals surface area (Å²) in [5.74, 6) is 0. The highest BCUT2D eigenvalue weighted by atomic mass is 32.9. The van der Waals surface area contributed by atoms with Gasteiger partial charge in [0.2, 0.25) is 4.80 Å². The molecule has 4 nitrogen and oxygen atoms in total. The van der Waals surface area contributed by atoms with Crippen LogP contribution in [0.2, 0.25) is 0 Å². The maximum atomic E-state index is 5.09. The van der Waals surface area contributed by atoms with Crippen LogP contribution in [0.4, 0.5) is 0 Å². The standard InChI is InChI=1S/C7H12N4S3/c1-8-6-11(4)7(14-13-6)9-5(12)10(2)3/h1-4H3. The molecule has 0 radical (unpaired) electrons. The van der Waals surface area contributed by atoms with Crippen molar-refractivity contribution in [3.63, 3.8) is 0 Å². The molecule has 1 rings (SSSR count). The Kier molecular flexibility index (Phi) is 3.97. The van der Waals surface area contributed by atoms with E-state index in [9.17, 15) is 0 Å². The van der Waals surface area contributed by atoms with Crippen molar-refractivity contribution >= 4 is 38.0 Å². The van der Waals surface area contributed by atoms with E-state index in [1.54, 1.807) is 27.7 Å². The van der Waals surface area contributed by atoms with Crippen molar-refractivity contribution in [1.82, 2.24) is 9.47 Å². The first-order chi connectivity index (χ1) is 6.56. The number of thiocarbonyl (C=S) groups is 1. The first kappa shape index (κ1) is 11.5. The second-order valence-electron chi connectivity index (χ2n) is 2.80. The van der Waals surface area contributed by atoms with Crippen LogP contribution in [0.3, 0.4) is 0 Å². The Morgan fingerprint density at radius 1 is 1.36 bits per heavy atom. The molecule has 0 aliphatic rings. The summed E-state index contributed by atoms with van der Waals surface area (Å²) in [6, 6.07) is 0. The van der Waals surface area contributed by atoms with Crippen LogP contribution in [0, 0.1) is 0 Å². The summed E-state index contributed by atoms with van der Waals surface area (Å²) in [7, 11) is 10.6. The number of aromatic nitrogens is 1. The van der Waals surface area contributed by atoms with Crippen LogP contribution in [-0.2, 0) is 7.05 Å². The van der Waals surface area contributed by atoms with Gasteiger partial charge in [-0.15, -0.1) is 0 Å². The zero-order valence-corrected chi connectivity index (χ0v) is 11.0. The van der Waals surface area contributed by atoms with Gasteiger partial charge in [-0.05, 0) is 32.9 Å². The molecule has 1 heterocycles. The molecular weight excluding hydrogens is 236 g/mol. The molecule has 0 bridgehead atoms. The van der Waals surface area contributed by atoms with Gasteiger partial charge >= 0.3 is 0 Å². The van der Waals surface area contributed by atoms with Crippen molar-refractivity contribution in [3.8, 4) is 0 Å². The maximum absolute atomic E-state index is 5.09. The Morgan fingerprint density at radius 2 is 1.93 bits per heavy atom. The van der Waals surface area contributed by atoms with Gasteiger partial charge in [-0.1, -0.05) is 0 Å². The summed E-state index contributed by atoms with van der Waals surface area (Å²) < 4.78 is 1.94. The lowest BCUT2D eigenvalue weighted by molar-refractivity contribution is 0.625. The minimum absolute atomic E-state index is 0.581. The van der Waals surface area contributed by atoms with E-state index in [0.29, 0.717) is 5.11 Å². The molecule has 0 spiro atoms. The summed E-state index contributed by atoms with van der Waals surface area (Å²) in [4.78, 5) is 12.1. The van der Waals surface area contributed by atoms with Crippen molar-refractivity contribution in [1.29, 1.82) is 0 Å². The molecule has 0 aliphatic carbocycles. The number of rotatable bonds is 0. The number of hydrogen-bond donors (Lipinski definition) is 0.